The summed E-state index contributed by atoms with van der Waals surface area (Å²) < 4.78 is 24.4. The number of nitrogens with zero attached hydrogens (tertiary/aromatic N) is 4. The second-order valence-corrected chi connectivity index (χ2v) is 13.4. The Morgan fingerprint density at radius 1 is 0.889 bits per heavy atom. The number of carbonyl (C=O) groups excluding carboxylic acids is 1. The zero-order valence-corrected chi connectivity index (χ0v) is 28.8. The molecule has 0 aliphatic carbocycles. The SMILES string of the molecule is Cc1sc2c(c1C)C(c1ccc(Cl)cc1)=N[C@@H](CC(=O)CCCOCCOCCOCCOCCCC(C)C)c1nnc(C)n1-2. The van der Waals surface area contributed by atoms with Gasteiger partial charge in [0.05, 0.1) is 45.4 Å². The van der Waals surface area contributed by atoms with Gasteiger partial charge in [-0.05, 0) is 63.6 Å². The maximum atomic E-state index is 13.2. The Kier molecular flexibility index (Phi) is 14.2. The molecule has 0 bridgehead atoms. The van der Waals surface area contributed by atoms with Gasteiger partial charge in [0.1, 0.15) is 22.7 Å². The Labute approximate surface area is 276 Å². The van der Waals surface area contributed by atoms with E-state index in [9.17, 15) is 4.79 Å². The number of thiophene rings is 1. The van der Waals surface area contributed by atoms with E-state index in [2.05, 4.69) is 42.5 Å². The zero-order valence-electron chi connectivity index (χ0n) is 27.3. The predicted molar refractivity (Wildman–Crippen MR) is 179 cm³/mol. The molecule has 246 valence electrons. The minimum atomic E-state index is -0.448. The summed E-state index contributed by atoms with van der Waals surface area (Å²) in [5, 5.41) is 10.6. The maximum Gasteiger partial charge on any atom is 0.163 e. The molecular weight excluding hydrogens is 612 g/mol. The molecule has 1 aromatic carbocycles. The minimum Gasteiger partial charge on any atom is -0.379 e. The minimum absolute atomic E-state index is 0.116. The molecule has 0 unspecified atom stereocenters. The van der Waals surface area contributed by atoms with E-state index < -0.39 is 6.04 Å². The second kappa shape index (κ2) is 18.0. The number of hydrogen-bond acceptors (Lipinski definition) is 9. The van der Waals surface area contributed by atoms with Crippen molar-refractivity contribution in [2.24, 2.45) is 10.9 Å². The molecule has 11 heteroatoms. The summed E-state index contributed by atoms with van der Waals surface area (Å²) in [6, 6.07) is 7.26. The zero-order chi connectivity index (χ0) is 32.2. The van der Waals surface area contributed by atoms with E-state index in [1.807, 2.05) is 31.2 Å². The highest BCUT2D eigenvalue weighted by Gasteiger charge is 2.32. The van der Waals surface area contributed by atoms with E-state index in [0.29, 0.717) is 69.9 Å². The average Bonchev–Trinajstić information content (AvgIpc) is 3.49. The van der Waals surface area contributed by atoms with E-state index in [0.717, 1.165) is 46.6 Å². The highest BCUT2D eigenvalue weighted by molar-refractivity contribution is 7.15. The molecule has 1 aliphatic rings. The summed E-state index contributed by atoms with van der Waals surface area (Å²) in [6.07, 6.45) is 3.57. The number of benzene rings is 1. The molecule has 0 saturated carbocycles. The normalized spacial score (nSPS) is 14.4. The molecule has 3 heterocycles. The van der Waals surface area contributed by atoms with Gasteiger partial charge in [-0.15, -0.1) is 21.5 Å². The van der Waals surface area contributed by atoms with Gasteiger partial charge >= 0.3 is 0 Å². The molecule has 0 amide bonds. The fourth-order valence-electron chi connectivity index (χ4n) is 5.18. The van der Waals surface area contributed by atoms with E-state index in [4.69, 9.17) is 35.5 Å². The van der Waals surface area contributed by atoms with Crippen molar-refractivity contribution in [1.29, 1.82) is 0 Å². The number of halogens is 1. The number of ketones is 1. The number of fused-ring (bicyclic) bond motifs is 3. The Morgan fingerprint density at radius 2 is 1.49 bits per heavy atom. The van der Waals surface area contributed by atoms with Gasteiger partial charge in [-0.2, -0.15) is 0 Å². The molecular formula is C34H47ClN4O5S. The number of ether oxygens (including phenoxy) is 4. The summed E-state index contributed by atoms with van der Waals surface area (Å²) in [5.74, 6) is 2.31. The van der Waals surface area contributed by atoms with Crippen LogP contribution < -0.4 is 0 Å². The molecule has 3 aromatic rings. The van der Waals surface area contributed by atoms with Crippen LogP contribution in [0.2, 0.25) is 5.02 Å². The molecule has 9 nitrogen and oxygen atoms in total. The first-order chi connectivity index (χ1) is 21.8. The molecule has 0 spiro atoms. The molecule has 1 atom stereocenters. The maximum absolute atomic E-state index is 13.2. The number of carbonyl (C=O) groups is 1. The van der Waals surface area contributed by atoms with Crippen molar-refractivity contribution in [2.45, 2.75) is 72.8 Å². The molecule has 4 rings (SSSR count). The van der Waals surface area contributed by atoms with Crippen LogP contribution in [0.15, 0.2) is 29.3 Å². The van der Waals surface area contributed by atoms with Gasteiger partial charge in [-0.3, -0.25) is 14.4 Å². The van der Waals surface area contributed by atoms with E-state index >= 15 is 0 Å². The van der Waals surface area contributed by atoms with Crippen LogP contribution in [0.4, 0.5) is 0 Å². The largest absolute Gasteiger partial charge is 0.379 e. The monoisotopic (exact) mass is 658 g/mol. The lowest BCUT2D eigenvalue weighted by Gasteiger charge is -2.12. The van der Waals surface area contributed by atoms with Gasteiger partial charge in [0.25, 0.3) is 0 Å². The van der Waals surface area contributed by atoms with Gasteiger partial charge in [-0.25, -0.2) is 0 Å². The highest BCUT2D eigenvalue weighted by atomic mass is 35.5. The van der Waals surface area contributed by atoms with Crippen LogP contribution >= 0.6 is 22.9 Å². The van der Waals surface area contributed by atoms with E-state index in [-0.39, 0.29) is 12.2 Å². The summed E-state index contributed by atoms with van der Waals surface area (Å²) >= 11 is 7.90. The first-order valence-electron chi connectivity index (χ1n) is 15.9. The fraction of sp³-hybridized carbons (Fsp3) is 0.588. The van der Waals surface area contributed by atoms with Crippen LogP contribution in [0.25, 0.3) is 5.00 Å². The van der Waals surface area contributed by atoms with E-state index in [1.54, 1.807) is 11.3 Å². The summed E-state index contributed by atoms with van der Waals surface area (Å²) in [5.41, 5.74) is 4.04. The van der Waals surface area contributed by atoms with Crippen LogP contribution in [-0.4, -0.2) is 79.1 Å². The van der Waals surface area contributed by atoms with Crippen LogP contribution in [0.5, 0.6) is 0 Å². The molecule has 0 N–H and O–H groups in total. The van der Waals surface area contributed by atoms with Gasteiger partial charge < -0.3 is 18.9 Å². The summed E-state index contributed by atoms with van der Waals surface area (Å²) in [6.45, 7) is 15.1. The van der Waals surface area contributed by atoms with Gasteiger partial charge in [0, 0.05) is 47.1 Å². The molecule has 1 aliphatic heterocycles. The first kappa shape index (κ1) is 35.4. The van der Waals surface area contributed by atoms with Crippen molar-refractivity contribution in [3.8, 4) is 5.00 Å². The first-order valence-corrected chi connectivity index (χ1v) is 17.1. The van der Waals surface area contributed by atoms with Crippen LogP contribution in [0.3, 0.4) is 0 Å². The molecule has 2 aromatic heterocycles. The number of rotatable bonds is 20. The molecule has 0 radical (unpaired) electrons. The second-order valence-electron chi connectivity index (χ2n) is 11.7. The highest BCUT2D eigenvalue weighted by Crippen LogP contribution is 2.39. The number of aromatic nitrogens is 3. The third-order valence-corrected chi connectivity index (χ3v) is 9.15. The quantitative estimate of drug-likeness (QED) is 0.120. The Morgan fingerprint density at radius 3 is 2.11 bits per heavy atom. The van der Waals surface area contributed by atoms with E-state index in [1.165, 1.54) is 16.9 Å². The predicted octanol–water partition coefficient (Wildman–Crippen LogP) is 7.04. The molecule has 0 saturated heterocycles. The van der Waals surface area contributed by atoms with Gasteiger partial charge in [0.2, 0.25) is 0 Å². The van der Waals surface area contributed by atoms with Crippen LogP contribution in [0.1, 0.15) is 85.2 Å². The van der Waals surface area contributed by atoms with Crippen molar-refractivity contribution >= 4 is 34.4 Å². The van der Waals surface area contributed by atoms with Crippen molar-refractivity contribution in [1.82, 2.24) is 14.8 Å². The smallest absolute Gasteiger partial charge is 0.163 e. The third-order valence-electron chi connectivity index (χ3n) is 7.71. The Balaban J connectivity index is 1.21. The van der Waals surface area contributed by atoms with Gasteiger partial charge in [-0.1, -0.05) is 37.6 Å². The number of Topliss-reactive ketones (excluding diaryl/α,β-unsaturated/α-hetero) is 1. The van der Waals surface area contributed by atoms with Crippen molar-refractivity contribution < 1.29 is 23.7 Å². The summed E-state index contributed by atoms with van der Waals surface area (Å²) in [7, 11) is 0. The number of aliphatic imine (C=N–C) groups is 1. The third kappa shape index (κ3) is 10.3. The van der Waals surface area contributed by atoms with Crippen molar-refractivity contribution in [2.75, 3.05) is 52.9 Å². The molecule has 45 heavy (non-hydrogen) atoms. The standard InChI is InChI=1S/C34H47ClN4O5S/c1-23(2)8-6-14-41-16-18-43-20-21-44-19-17-42-15-7-9-29(40)22-30-33-38-37-26(5)39(33)34-31(24(3)25(4)45-34)32(36-30)27-10-12-28(35)13-11-27/h10-13,23,30H,6-9,14-22H2,1-5H3/t30-/m0/s1. The Hall–Kier alpha value is -2.47. The molecule has 0 fully saturated rings. The van der Waals surface area contributed by atoms with Crippen molar-refractivity contribution in [3.63, 3.8) is 0 Å². The van der Waals surface area contributed by atoms with Crippen LogP contribution in [0, 0.1) is 26.7 Å². The number of hydrogen-bond donors (Lipinski definition) is 0. The lowest BCUT2D eigenvalue weighted by molar-refractivity contribution is -0.119. The van der Waals surface area contributed by atoms with Crippen molar-refractivity contribution in [3.05, 3.63) is 62.5 Å². The summed E-state index contributed by atoms with van der Waals surface area (Å²) in [4.78, 5) is 19.6. The lowest BCUT2D eigenvalue weighted by atomic mass is 9.99. The van der Waals surface area contributed by atoms with Crippen LogP contribution in [-0.2, 0) is 23.7 Å². The fourth-order valence-corrected chi connectivity index (χ4v) is 6.52. The topological polar surface area (TPSA) is 97.1 Å². The Bertz CT molecular complexity index is 1400. The number of aryl methyl sites for hydroxylation is 2. The lowest BCUT2D eigenvalue weighted by Crippen LogP contribution is -2.13. The average molecular weight is 659 g/mol. The van der Waals surface area contributed by atoms with Gasteiger partial charge in [0.15, 0.2) is 5.82 Å².